The van der Waals surface area contributed by atoms with E-state index in [9.17, 15) is 4.79 Å². The Kier molecular flexibility index (Phi) is 5.11. The molecule has 94 valence electrons. The highest BCUT2D eigenvalue weighted by Crippen LogP contribution is 2.20. The number of carbonyl (C=O) groups excluding carboxylic acids is 1. The van der Waals surface area contributed by atoms with Crippen LogP contribution in [-0.2, 0) is 0 Å². The van der Waals surface area contributed by atoms with E-state index in [2.05, 4.69) is 12.8 Å². The van der Waals surface area contributed by atoms with Crippen LogP contribution in [0.2, 0.25) is 0 Å². The molecule has 5 nitrogen and oxygen atoms in total. The summed E-state index contributed by atoms with van der Waals surface area (Å²) in [5, 5.41) is 0. The van der Waals surface area contributed by atoms with Crippen LogP contribution in [0, 0.1) is 0 Å². The van der Waals surface area contributed by atoms with Crippen LogP contribution in [0.4, 0.5) is 10.5 Å². The highest BCUT2D eigenvalue weighted by atomic mass is 32.1. The normalized spacial score (nSPS) is 10.4. The van der Waals surface area contributed by atoms with Crippen LogP contribution in [-0.4, -0.2) is 38.2 Å². The van der Waals surface area contributed by atoms with Crippen LogP contribution in [0.25, 0.3) is 0 Å². The summed E-state index contributed by atoms with van der Waals surface area (Å²) in [5.74, 6) is 0.752. The van der Waals surface area contributed by atoms with Crippen molar-refractivity contribution in [3.05, 3.63) is 24.3 Å². The maximum Gasteiger partial charge on any atom is 0.329 e. The van der Waals surface area contributed by atoms with Crippen molar-refractivity contribution in [1.82, 2.24) is 4.90 Å². The number of nitrogens with two attached hydrogens (primary N) is 1. The third kappa shape index (κ3) is 4.54. The summed E-state index contributed by atoms with van der Waals surface area (Å²) < 4.78 is 6.58. The van der Waals surface area contributed by atoms with E-state index in [4.69, 9.17) is 10.5 Å². The summed E-state index contributed by atoms with van der Waals surface area (Å²) in [4.78, 5) is 12.9. The van der Waals surface area contributed by atoms with E-state index < -0.39 is 6.03 Å². The van der Waals surface area contributed by atoms with Crippen LogP contribution in [0.15, 0.2) is 24.3 Å². The van der Waals surface area contributed by atoms with Crippen molar-refractivity contribution in [3.8, 4) is 5.75 Å². The van der Waals surface area contributed by atoms with Gasteiger partial charge in [0, 0.05) is 6.54 Å². The van der Waals surface area contributed by atoms with Gasteiger partial charge in [0.2, 0.25) is 0 Å². The molecule has 0 aliphatic heterocycles. The lowest BCUT2D eigenvalue weighted by Crippen LogP contribution is -2.27. The second-order valence-electron chi connectivity index (χ2n) is 3.80. The van der Waals surface area contributed by atoms with E-state index in [0.717, 1.165) is 16.6 Å². The lowest BCUT2D eigenvalue weighted by Gasteiger charge is -2.14. The number of primary amides is 1. The van der Waals surface area contributed by atoms with Gasteiger partial charge >= 0.3 is 6.03 Å². The number of hydrogen-bond donors (Lipinski definition) is 2. The van der Waals surface area contributed by atoms with Gasteiger partial charge in [-0.05, 0) is 38.4 Å². The Balaban J connectivity index is 2.53. The molecular formula is C11H17N3O2S. The second-order valence-corrected chi connectivity index (χ2v) is 4.20. The molecule has 0 heterocycles. The molecule has 1 aromatic rings. The minimum Gasteiger partial charge on any atom is -0.492 e. The maximum atomic E-state index is 10.9. The molecule has 0 saturated heterocycles. The first kappa shape index (κ1) is 13.7. The number of ether oxygens (including phenoxy) is 1. The van der Waals surface area contributed by atoms with Gasteiger partial charge in [-0.15, -0.1) is 0 Å². The number of urea groups is 1. The largest absolute Gasteiger partial charge is 0.492 e. The number of benzene rings is 1. The molecule has 0 aliphatic carbocycles. The van der Waals surface area contributed by atoms with Gasteiger partial charge < -0.3 is 15.4 Å². The molecule has 0 spiro atoms. The minimum absolute atomic E-state index is 0.612. The average Bonchev–Trinajstić information content (AvgIpc) is 2.28. The number of amides is 2. The monoisotopic (exact) mass is 255 g/mol. The topological polar surface area (TPSA) is 58.8 Å². The first-order valence-corrected chi connectivity index (χ1v) is 5.56. The fourth-order valence-electron chi connectivity index (χ4n) is 1.16. The second kappa shape index (κ2) is 6.36. The third-order valence-corrected chi connectivity index (χ3v) is 2.53. The van der Waals surface area contributed by atoms with E-state index in [1.54, 1.807) is 24.3 Å². The van der Waals surface area contributed by atoms with Gasteiger partial charge in [-0.3, -0.25) is 0 Å². The first-order valence-electron chi connectivity index (χ1n) is 5.16. The van der Waals surface area contributed by atoms with Crippen LogP contribution in [0.1, 0.15) is 0 Å². The predicted molar refractivity (Wildman–Crippen MR) is 71.5 cm³/mol. The standard InChI is InChI=1S/C11H17N3O2S/c1-13(2)7-8-16-10-5-3-9(4-6-10)14(17)11(12)15/h3-6,17H,7-8H2,1-2H3,(H2,12,15). The number of rotatable bonds is 5. The number of hydrogen-bond acceptors (Lipinski definition) is 4. The molecule has 0 bridgehead atoms. The molecule has 2 N–H and O–H groups in total. The molecule has 0 radical (unpaired) electrons. The maximum absolute atomic E-state index is 10.9. The number of thiol groups is 1. The first-order chi connectivity index (χ1) is 8.00. The van der Waals surface area contributed by atoms with Gasteiger partial charge in [-0.25, -0.2) is 9.10 Å². The molecular weight excluding hydrogens is 238 g/mol. The quantitative estimate of drug-likeness (QED) is 0.781. The summed E-state index contributed by atoms with van der Waals surface area (Å²) >= 11 is 3.96. The number of carbonyl (C=O) groups is 1. The van der Waals surface area contributed by atoms with Crippen LogP contribution in [0.5, 0.6) is 5.75 Å². The fraction of sp³-hybridized carbons (Fsp3) is 0.364. The van der Waals surface area contributed by atoms with Gasteiger partial charge in [0.25, 0.3) is 0 Å². The molecule has 0 aromatic heterocycles. The van der Waals surface area contributed by atoms with E-state index in [0.29, 0.717) is 12.3 Å². The van der Waals surface area contributed by atoms with Crippen molar-refractivity contribution in [1.29, 1.82) is 0 Å². The van der Waals surface area contributed by atoms with Crippen LogP contribution < -0.4 is 14.8 Å². The van der Waals surface area contributed by atoms with Crippen molar-refractivity contribution in [2.45, 2.75) is 0 Å². The molecule has 0 saturated carbocycles. The summed E-state index contributed by atoms with van der Waals surface area (Å²) in [6.45, 7) is 1.47. The van der Waals surface area contributed by atoms with Crippen molar-refractivity contribution in [2.24, 2.45) is 5.73 Å². The fourth-order valence-corrected chi connectivity index (χ4v) is 1.29. The molecule has 6 heteroatoms. The van der Waals surface area contributed by atoms with Gasteiger partial charge in [0.05, 0.1) is 5.69 Å². The zero-order chi connectivity index (χ0) is 12.8. The summed E-state index contributed by atoms with van der Waals surface area (Å²) in [5.41, 5.74) is 5.71. The van der Waals surface area contributed by atoms with E-state index >= 15 is 0 Å². The van der Waals surface area contributed by atoms with Gasteiger partial charge in [-0.2, -0.15) is 0 Å². The number of nitrogens with zero attached hydrogens (tertiary/aromatic N) is 2. The highest BCUT2D eigenvalue weighted by Gasteiger charge is 2.07. The molecule has 0 unspecified atom stereocenters. The molecule has 0 atom stereocenters. The molecule has 2 amide bonds. The zero-order valence-corrected chi connectivity index (χ0v) is 10.9. The Bertz CT molecular complexity index is 367. The van der Waals surface area contributed by atoms with Crippen molar-refractivity contribution >= 4 is 24.5 Å². The molecule has 0 fully saturated rings. The Hall–Kier alpha value is -1.40. The minimum atomic E-state index is -0.616. The van der Waals surface area contributed by atoms with Crippen molar-refractivity contribution in [3.63, 3.8) is 0 Å². The van der Waals surface area contributed by atoms with E-state index in [1.165, 1.54) is 0 Å². The van der Waals surface area contributed by atoms with Crippen LogP contribution >= 0.6 is 12.8 Å². The van der Waals surface area contributed by atoms with Gasteiger partial charge in [0.15, 0.2) is 0 Å². The SMILES string of the molecule is CN(C)CCOc1ccc(N(S)C(N)=O)cc1. The third-order valence-electron chi connectivity index (χ3n) is 2.10. The average molecular weight is 255 g/mol. The number of anilines is 1. The Labute approximate surface area is 107 Å². The van der Waals surface area contributed by atoms with Crippen LogP contribution in [0.3, 0.4) is 0 Å². The van der Waals surface area contributed by atoms with Gasteiger partial charge in [-0.1, -0.05) is 12.8 Å². The smallest absolute Gasteiger partial charge is 0.329 e. The summed E-state index contributed by atoms with van der Waals surface area (Å²) in [6.07, 6.45) is 0. The Morgan fingerprint density at radius 1 is 1.35 bits per heavy atom. The summed E-state index contributed by atoms with van der Waals surface area (Å²) in [6, 6.07) is 6.38. The molecule has 1 rings (SSSR count). The Morgan fingerprint density at radius 3 is 2.41 bits per heavy atom. The van der Waals surface area contributed by atoms with E-state index in [1.807, 2.05) is 19.0 Å². The lowest BCUT2D eigenvalue weighted by molar-refractivity contribution is 0.257. The Morgan fingerprint density at radius 2 is 1.94 bits per heavy atom. The lowest BCUT2D eigenvalue weighted by atomic mass is 10.3. The van der Waals surface area contributed by atoms with Crippen molar-refractivity contribution < 1.29 is 9.53 Å². The molecule has 0 aliphatic rings. The van der Waals surface area contributed by atoms with Crippen molar-refractivity contribution in [2.75, 3.05) is 31.6 Å². The van der Waals surface area contributed by atoms with E-state index in [-0.39, 0.29) is 0 Å². The predicted octanol–water partition coefficient (Wildman–Crippen LogP) is 1.36. The highest BCUT2D eigenvalue weighted by molar-refractivity contribution is 7.82. The number of likely N-dealkylation sites (N-methyl/N-ethyl adjacent to an activating group) is 1. The molecule has 1 aromatic carbocycles. The zero-order valence-electron chi connectivity index (χ0n) is 9.96. The van der Waals surface area contributed by atoms with Gasteiger partial charge in [0.1, 0.15) is 12.4 Å². The molecule has 17 heavy (non-hydrogen) atoms. The summed E-state index contributed by atoms with van der Waals surface area (Å²) in [7, 11) is 3.97.